The lowest BCUT2D eigenvalue weighted by Gasteiger charge is -2.15. The van der Waals surface area contributed by atoms with E-state index in [1.54, 1.807) is 31.2 Å². The second-order valence-electron chi connectivity index (χ2n) is 4.37. The fraction of sp³-hybridized carbons (Fsp3) is 0.333. The van der Waals surface area contributed by atoms with Gasteiger partial charge in [0.2, 0.25) is 0 Å². The molecular formula is C15H17Cl2NO3. The maximum absolute atomic E-state index is 11.7. The van der Waals surface area contributed by atoms with Gasteiger partial charge in [-0.3, -0.25) is 4.79 Å². The number of ether oxygens (including phenoxy) is 1. The van der Waals surface area contributed by atoms with Gasteiger partial charge in [-0.15, -0.1) is 0 Å². The SMILES string of the molecule is CC/C=C/C(=O)OCC(=O)N[C@@H](C)c1ccc(Cl)cc1Cl. The van der Waals surface area contributed by atoms with E-state index in [1.165, 1.54) is 6.08 Å². The van der Waals surface area contributed by atoms with Crippen LogP contribution in [0.4, 0.5) is 0 Å². The van der Waals surface area contributed by atoms with Crippen LogP contribution in [0.15, 0.2) is 30.4 Å². The summed E-state index contributed by atoms with van der Waals surface area (Å²) in [7, 11) is 0. The Morgan fingerprint density at radius 3 is 2.71 bits per heavy atom. The van der Waals surface area contributed by atoms with E-state index in [0.717, 1.165) is 12.0 Å². The van der Waals surface area contributed by atoms with Crippen LogP contribution < -0.4 is 5.32 Å². The largest absolute Gasteiger partial charge is 0.452 e. The van der Waals surface area contributed by atoms with Crippen molar-refractivity contribution in [3.63, 3.8) is 0 Å². The van der Waals surface area contributed by atoms with E-state index in [1.807, 2.05) is 6.92 Å². The monoisotopic (exact) mass is 329 g/mol. The molecule has 4 nitrogen and oxygen atoms in total. The van der Waals surface area contributed by atoms with Crippen LogP contribution in [-0.4, -0.2) is 18.5 Å². The Bertz CT molecular complexity index is 544. The van der Waals surface area contributed by atoms with Gasteiger partial charge in [0.1, 0.15) is 0 Å². The van der Waals surface area contributed by atoms with Crippen LogP contribution in [-0.2, 0) is 14.3 Å². The van der Waals surface area contributed by atoms with Gasteiger partial charge in [0.05, 0.1) is 6.04 Å². The molecule has 0 aliphatic rings. The van der Waals surface area contributed by atoms with E-state index in [2.05, 4.69) is 5.32 Å². The summed E-state index contributed by atoms with van der Waals surface area (Å²) < 4.78 is 4.80. The molecule has 0 saturated heterocycles. The zero-order valence-corrected chi connectivity index (χ0v) is 13.4. The van der Waals surface area contributed by atoms with Gasteiger partial charge in [0.15, 0.2) is 6.61 Å². The van der Waals surface area contributed by atoms with Crippen molar-refractivity contribution in [2.75, 3.05) is 6.61 Å². The van der Waals surface area contributed by atoms with Gasteiger partial charge in [-0.1, -0.05) is 42.3 Å². The topological polar surface area (TPSA) is 55.4 Å². The minimum absolute atomic E-state index is 0.313. The van der Waals surface area contributed by atoms with Crippen molar-refractivity contribution < 1.29 is 14.3 Å². The Labute approximate surface area is 134 Å². The van der Waals surface area contributed by atoms with Gasteiger partial charge < -0.3 is 10.1 Å². The molecule has 0 heterocycles. The number of allylic oxidation sites excluding steroid dienone is 1. The summed E-state index contributed by atoms with van der Waals surface area (Å²) in [5.41, 5.74) is 0.742. The number of esters is 1. The number of hydrogen-bond donors (Lipinski definition) is 1. The molecule has 21 heavy (non-hydrogen) atoms. The Hall–Kier alpha value is -1.52. The lowest BCUT2D eigenvalue weighted by atomic mass is 10.1. The molecule has 0 unspecified atom stereocenters. The standard InChI is InChI=1S/C15H17Cl2NO3/c1-3-4-5-15(20)21-9-14(19)18-10(2)12-7-6-11(16)8-13(12)17/h4-8,10H,3,9H2,1-2H3,(H,18,19)/b5-4+/t10-/m0/s1. The Kier molecular flexibility index (Phi) is 7.26. The van der Waals surface area contributed by atoms with Gasteiger partial charge in [-0.05, 0) is 31.0 Å². The predicted octanol–water partition coefficient (Wildman–Crippen LogP) is 3.68. The number of nitrogens with one attached hydrogen (secondary N) is 1. The predicted molar refractivity (Wildman–Crippen MR) is 83.4 cm³/mol. The van der Waals surface area contributed by atoms with Crippen LogP contribution in [0.5, 0.6) is 0 Å². The molecule has 0 spiro atoms. The van der Waals surface area contributed by atoms with Crippen molar-refractivity contribution in [2.45, 2.75) is 26.3 Å². The van der Waals surface area contributed by atoms with Gasteiger partial charge in [0, 0.05) is 16.1 Å². The first-order chi connectivity index (χ1) is 9.93. The maximum atomic E-state index is 11.7. The number of benzene rings is 1. The number of carbonyl (C=O) groups excluding carboxylic acids is 2. The van der Waals surface area contributed by atoms with E-state index in [0.29, 0.717) is 10.0 Å². The minimum Gasteiger partial charge on any atom is -0.452 e. The van der Waals surface area contributed by atoms with Crippen molar-refractivity contribution in [3.05, 3.63) is 46.0 Å². The number of rotatable bonds is 6. The Morgan fingerprint density at radius 2 is 2.10 bits per heavy atom. The molecule has 0 radical (unpaired) electrons. The first-order valence-electron chi connectivity index (χ1n) is 6.51. The number of hydrogen-bond acceptors (Lipinski definition) is 3. The van der Waals surface area contributed by atoms with Gasteiger partial charge in [-0.2, -0.15) is 0 Å². The zero-order chi connectivity index (χ0) is 15.8. The summed E-state index contributed by atoms with van der Waals surface area (Å²) in [6, 6.07) is 4.73. The smallest absolute Gasteiger partial charge is 0.330 e. The third-order valence-electron chi connectivity index (χ3n) is 2.64. The fourth-order valence-electron chi connectivity index (χ4n) is 1.61. The van der Waals surface area contributed by atoms with Crippen LogP contribution in [0.3, 0.4) is 0 Å². The molecule has 0 aromatic heterocycles. The molecule has 114 valence electrons. The normalized spacial score (nSPS) is 12.2. The summed E-state index contributed by atoms with van der Waals surface area (Å²) in [6.07, 6.45) is 3.69. The highest BCUT2D eigenvalue weighted by atomic mass is 35.5. The number of carbonyl (C=O) groups is 2. The molecule has 0 aliphatic heterocycles. The number of amides is 1. The molecule has 1 N–H and O–H groups in total. The average Bonchev–Trinajstić information content (AvgIpc) is 2.42. The van der Waals surface area contributed by atoms with E-state index in [4.69, 9.17) is 27.9 Å². The third-order valence-corrected chi connectivity index (χ3v) is 3.20. The molecule has 6 heteroatoms. The van der Waals surface area contributed by atoms with Crippen molar-refractivity contribution in [1.82, 2.24) is 5.32 Å². The summed E-state index contributed by atoms with van der Waals surface area (Å²) >= 11 is 11.9. The second-order valence-corrected chi connectivity index (χ2v) is 5.22. The zero-order valence-electron chi connectivity index (χ0n) is 11.9. The highest BCUT2D eigenvalue weighted by Gasteiger charge is 2.13. The molecular weight excluding hydrogens is 313 g/mol. The van der Waals surface area contributed by atoms with Crippen LogP contribution in [0.25, 0.3) is 0 Å². The lowest BCUT2D eigenvalue weighted by Crippen LogP contribution is -2.31. The maximum Gasteiger partial charge on any atom is 0.330 e. The average molecular weight is 330 g/mol. The third kappa shape index (κ3) is 6.19. The van der Waals surface area contributed by atoms with Gasteiger partial charge in [-0.25, -0.2) is 4.79 Å². The molecule has 1 rings (SSSR count). The molecule has 1 amide bonds. The van der Waals surface area contributed by atoms with Crippen molar-refractivity contribution in [1.29, 1.82) is 0 Å². The van der Waals surface area contributed by atoms with Crippen LogP contribution in [0.1, 0.15) is 31.9 Å². The summed E-state index contributed by atoms with van der Waals surface area (Å²) in [4.78, 5) is 22.9. The van der Waals surface area contributed by atoms with Crippen molar-refractivity contribution in [3.8, 4) is 0 Å². The molecule has 1 atom stereocenters. The number of halogens is 2. The Balaban J connectivity index is 2.50. The summed E-state index contributed by atoms with van der Waals surface area (Å²) in [5.74, 6) is -0.934. The molecule has 1 aromatic rings. The van der Waals surface area contributed by atoms with E-state index in [-0.39, 0.29) is 12.6 Å². The molecule has 1 aromatic carbocycles. The first-order valence-corrected chi connectivity index (χ1v) is 7.27. The quantitative estimate of drug-likeness (QED) is 0.639. The lowest BCUT2D eigenvalue weighted by molar-refractivity contribution is -0.144. The minimum atomic E-state index is -0.538. The van der Waals surface area contributed by atoms with E-state index in [9.17, 15) is 9.59 Å². The van der Waals surface area contributed by atoms with E-state index < -0.39 is 11.9 Å². The van der Waals surface area contributed by atoms with Crippen LogP contribution in [0, 0.1) is 0 Å². The highest BCUT2D eigenvalue weighted by Crippen LogP contribution is 2.25. The van der Waals surface area contributed by atoms with Crippen LogP contribution >= 0.6 is 23.2 Å². The molecule has 0 fully saturated rings. The second kappa shape index (κ2) is 8.70. The van der Waals surface area contributed by atoms with Gasteiger partial charge >= 0.3 is 5.97 Å². The van der Waals surface area contributed by atoms with Crippen molar-refractivity contribution in [2.24, 2.45) is 0 Å². The molecule has 0 bridgehead atoms. The van der Waals surface area contributed by atoms with Crippen molar-refractivity contribution >= 4 is 35.1 Å². The summed E-state index contributed by atoms with van der Waals surface area (Å²) in [6.45, 7) is 3.35. The first kappa shape index (κ1) is 17.5. The van der Waals surface area contributed by atoms with Crippen LogP contribution in [0.2, 0.25) is 10.0 Å². The molecule has 0 saturated carbocycles. The molecule has 0 aliphatic carbocycles. The van der Waals surface area contributed by atoms with E-state index >= 15 is 0 Å². The van der Waals surface area contributed by atoms with Gasteiger partial charge in [0.25, 0.3) is 5.91 Å². The Morgan fingerprint density at radius 1 is 1.38 bits per heavy atom. The fourth-order valence-corrected chi connectivity index (χ4v) is 2.18. The summed E-state index contributed by atoms with van der Waals surface area (Å²) in [5, 5.41) is 3.70. The highest BCUT2D eigenvalue weighted by molar-refractivity contribution is 6.35.